The van der Waals surface area contributed by atoms with Crippen LogP contribution in [0.1, 0.15) is 11.1 Å². The standard InChI is InChI=1S/C25H24O5/c1-6-18-14-23(30-16-17-10-8-7-9-11-17)22(27-3)15-20(18)19-12-13-21(26-2)25(29-5)24(19)28-4/h1,7-15H,16H2,2-5H3. The van der Waals surface area contributed by atoms with E-state index in [1.807, 2.05) is 48.5 Å². The Hall–Kier alpha value is -3.78. The Kier molecular flexibility index (Phi) is 6.71. The Morgan fingerprint density at radius 2 is 1.40 bits per heavy atom. The van der Waals surface area contributed by atoms with Gasteiger partial charge in [0.1, 0.15) is 6.61 Å². The molecule has 0 aliphatic rings. The van der Waals surface area contributed by atoms with Crippen molar-refractivity contribution < 1.29 is 23.7 Å². The Morgan fingerprint density at radius 3 is 2.00 bits per heavy atom. The first-order valence-corrected chi connectivity index (χ1v) is 9.31. The van der Waals surface area contributed by atoms with E-state index in [1.165, 1.54) is 0 Å². The molecule has 30 heavy (non-hydrogen) atoms. The second-order valence-corrected chi connectivity index (χ2v) is 6.35. The van der Waals surface area contributed by atoms with Gasteiger partial charge in [-0.2, -0.15) is 0 Å². The molecule has 0 radical (unpaired) electrons. The Labute approximate surface area is 177 Å². The van der Waals surface area contributed by atoms with Crippen LogP contribution in [0.2, 0.25) is 0 Å². The van der Waals surface area contributed by atoms with E-state index in [9.17, 15) is 0 Å². The fourth-order valence-electron chi connectivity index (χ4n) is 3.22. The molecule has 0 atom stereocenters. The van der Waals surface area contributed by atoms with E-state index in [4.69, 9.17) is 30.1 Å². The predicted octanol–water partition coefficient (Wildman–Crippen LogP) is 4.95. The quantitative estimate of drug-likeness (QED) is 0.497. The Balaban J connectivity index is 2.07. The van der Waals surface area contributed by atoms with Crippen molar-refractivity contribution in [1.29, 1.82) is 0 Å². The number of ether oxygens (including phenoxy) is 5. The summed E-state index contributed by atoms with van der Waals surface area (Å²) in [7, 11) is 6.31. The molecular weight excluding hydrogens is 380 g/mol. The lowest BCUT2D eigenvalue weighted by molar-refractivity contribution is 0.284. The van der Waals surface area contributed by atoms with Gasteiger partial charge < -0.3 is 23.7 Å². The van der Waals surface area contributed by atoms with Gasteiger partial charge in [0.15, 0.2) is 23.0 Å². The fourth-order valence-corrected chi connectivity index (χ4v) is 3.22. The maximum atomic E-state index is 5.99. The van der Waals surface area contributed by atoms with Crippen molar-refractivity contribution in [2.24, 2.45) is 0 Å². The summed E-state index contributed by atoms with van der Waals surface area (Å²) in [6.07, 6.45) is 5.83. The SMILES string of the molecule is C#Cc1cc(OCc2ccccc2)c(OC)cc1-c1ccc(OC)c(OC)c1OC. The van der Waals surface area contributed by atoms with E-state index < -0.39 is 0 Å². The molecule has 5 heteroatoms. The van der Waals surface area contributed by atoms with Crippen molar-refractivity contribution in [3.05, 3.63) is 65.7 Å². The van der Waals surface area contributed by atoms with Crippen LogP contribution in [0.3, 0.4) is 0 Å². The molecule has 3 rings (SSSR count). The molecule has 0 spiro atoms. The van der Waals surface area contributed by atoms with Crippen molar-refractivity contribution >= 4 is 0 Å². The van der Waals surface area contributed by atoms with Gasteiger partial charge in [-0.25, -0.2) is 0 Å². The summed E-state index contributed by atoms with van der Waals surface area (Å²) in [6.45, 7) is 0.403. The molecule has 154 valence electrons. The summed E-state index contributed by atoms with van der Waals surface area (Å²) in [6, 6.07) is 17.2. The van der Waals surface area contributed by atoms with Crippen LogP contribution in [0.4, 0.5) is 0 Å². The Morgan fingerprint density at radius 1 is 0.700 bits per heavy atom. The average molecular weight is 404 g/mol. The summed E-state index contributed by atoms with van der Waals surface area (Å²) in [5.41, 5.74) is 3.21. The first kappa shape index (κ1) is 20.9. The van der Waals surface area contributed by atoms with E-state index in [2.05, 4.69) is 5.92 Å². The fraction of sp³-hybridized carbons (Fsp3) is 0.200. The monoisotopic (exact) mass is 404 g/mol. The molecule has 0 fully saturated rings. The molecule has 3 aromatic rings. The second-order valence-electron chi connectivity index (χ2n) is 6.35. The molecule has 0 saturated heterocycles. The summed E-state index contributed by atoms with van der Waals surface area (Å²) in [4.78, 5) is 0. The normalized spacial score (nSPS) is 10.1. The number of hydrogen-bond acceptors (Lipinski definition) is 5. The molecule has 0 aliphatic heterocycles. The van der Waals surface area contributed by atoms with Crippen LogP contribution in [0.15, 0.2) is 54.6 Å². The highest BCUT2D eigenvalue weighted by molar-refractivity contribution is 5.82. The largest absolute Gasteiger partial charge is 0.493 e. The van der Waals surface area contributed by atoms with Crippen LogP contribution in [0.25, 0.3) is 11.1 Å². The molecule has 5 nitrogen and oxygen atoms in total. The van der Waals surface area contributed by atoms with Gasteiger partial charge in [-0.15, -0.1) is 6.42 Å². The van der Waals surface area contributed by atoms with Crippen LogP contribution in [-0.4, -0.2) is 28.4 Å². The maximum Gasteiger partial charge on any atom is 0.203 e. The molecule has 3 aromatic carbocycles. The topological polar surface area (TPSA) is 46.2 Å². The maximum absolute atomic E-state index is 5.99. The molecule has 0 aromatic heterocycles. The second kappa shape index (κ2) is 9.62. The number of rotatable bonds is 8. The van der Waals surface area contributed by atoms with Gasteiger partial charge >= 0.3 is 0 Å². The third-order valence-electron chi connectivity index (χ3n) is 4.69. The number of hydrogen-bond donors (Lipinski definition) is 0. The van der Waals surface area contributed by atoms with Crippen LogP contribution in [0.5, 0.6) is 28.7 Å². The molecule has 0 heterocycles. The number of methoxy groups -OCH3 is 4. The molecule has 0 bridgehead atoms. The van der Waals surface area contributed by atoms with Crippen molar-refractivity contribution in [1.82, 2.24) is 0 Å². The van der Waals surface area contributed by atoms with Gasteiger partial charge in [0.25, 0.3) is 0 Å². The lowest BCUT2D eigenvalue weighted by Crippen LogP contribution is -2.01. The third-order valence-corrected chi connectivity index (χ3v) is 4.69. The lowest BCUT2D eigenvalue weighted by Gasteiger charge is -2.18. The van der Waals surface area contributed by atoms with E-state index in [0.29, 0.717) is 40.9 Å². The minimum absolute atomic E-state index is 0.403. The summed E-state index contributed by atoms with van der Waals surface area (Å²) >= 11 is 0. The minimum Gasteiger partial charge on any atom is -0.493 e. The first-order chi connectivity index (χ1) is 14.7. The van der Waals surface area contributed by atoms with Crippen LogP contribution >= 0.6 is 0 Å². The van der Waals surface area contributed by atoms with Crippen LogP contribution in [0, 0.1) is 12.3 Å². The van der Waals surface area contributed by atoms with Gasteiger partial charge in [-0.05, 0) is 23.8 Å². The van der Waals surface area contributed by atoms with Crippen molar-refractivity contribution in [2.45, 2.75) is 6.61 Å². The Bertz CT molecular complexity index is 1050. The molecular formula is C25H24O5. The molecule has 0 N–H and O–H groups in total. The van der Waals surface area contributed by atoms with Crippen molar-refractivity contribution in [3.63, 3.8) is 0 Å². The zero-order valence-corrected chi connectivity index (χ0v) is 17.5. The van der Waals surface area contributed by atoms with E-state index in [1.54, 1.807) is 34.5 Å². The smallest absolute Gasteiger partial charge is 0.203 e. The van der Waals surface area contributed by atoms with Gasteiger partial charge in [0.05, 0.1) is 28.4 Å². The minimum atomic E-state index is 0.403. The van der Waals surface area contributed by atoms with Gasteiger partial charge in [-0.3, -0.25) is 0 Å². The van der Waals surface area contributed by atoms with E-state index >= 15 is 0 Å². The molecule has 0 saturated carbocycles. The van der Waals surface area contributed by atoms with Crippen molar-refractivity contribution in [2.75, 3.05) is 28.4 Å². The van der Waals surface area contributed by atoms with E-state index in [0.717, 1.165) is 16.7 Å². The average Bonchev–Trinajstić information content (AvgIpc) is 2.81. The van der Waals surface area contributed by atoms with Crippen LogP contribution in [-0.2, 0) is 6.61 Å². The highest BCUT2D eigenvalue weighted by atomic mass is 16.5. The highest BCUT2D eigenvalue weighted by Gasteiger charge is 2.21. The zero-order valence-electron chi connectivity index (χ0n) is 17.5. The number of benzene rings is 3. The van der Waals surface area contributed by atoms with Crippen molar-refractivity contribution in [3.8, 4) is 52.2 Å². The lowest BCUT2D eigenvalue weighted by atomic mass is 9.97. The number of terminal acetylenes is 1. The first-order valence-electron chi connectivity index (χ1n) is 9.31. The zero-order chi connectivity index (χ0) is 21.5. The molecule has 0 amide bonds. The van der Waals surface area contributed by atoms with Gasteiger partial charge in [-0.1, -0.05) is 36.3 Å². The van der Waals surface area contributed by atoms with Gasteiger partial charge in [0.2, 0.25) is 5.75 Å². The predicted molar refractivity (Wildman–Crippen MR) is 117 cm³/mol. The van der Waals surface area contributed by atoms with E-state index in [-0.39, 0.29) is 0 Å². The summed E-state index contributed by atoms with van der Waals surface area (Å²) in [5.74, 6) is 5.45. The summed E-state index contributed by atoms with van der Waals surface area (Å²) < 4.78 is 28.1. The molecule has 0 aliphatic carbocycles. The summed E-state index contributed by atoms with van der Waals surface area (Å²) in [5, 5.41) is 0. The third kappa shape index (κ3) is 4.13. The van der Waals surface area contributed by atoms with Crippen LogP contribution < -0.4 is 23.7 Å². The molecule has 0 unspecified atom stereocenters. The van der Waals surface area contributed by atoms with Gasteiger partial charge in [0, 0.05) is 22.8 Å². The highest BCUT2D eigenvalue weighted by Crippen LogP contribution is 2.46.